The lowest BCUT2D eigenvalue weighted by Gasteiger charge is -2.21. The zero-order valence-corrected chi connectivity index (χ0v) is 13.2. The summed E-state index contributed by atoms with van der Waals surface area (Å²) in [7, 11) is 1.85. The van der Waals surface area contributed by atoms with Gasteiger partial charge in [0.15, 0.2) is 0 Å². The molecule has 0 aromatic carbocycles. The fraction of sp³-hybridized carbons (Fsp3) is 0.733. The van der Waals surface area contributed by atoms with Gasteiger partial charge >= 0.3 is 0 Å². The molecule has 0 atom stereocenters. The summed E-state index contributed by atoms with van der Waals surface area (Å²) in [4.78, 5) is 17.0. The minimum absolute atomic E-state index is 0.115. The molecule has 1 aliphatic rings. The lowest BCUT2D eigenvalue weighted by molar-refractivity contribution is 0.0760. The number of hydrogen-bond donors (Lipinski definition) is 1. The number of nitrogens with zero attached hydrogens (tertiary/aromatic N) is 4. The van der Waals surface area contributed by atoms with Gasteiger partial charge in [-0.15, -0.1) is 0 Å². The van der Waals surface area contributed by atoms with Crippen LogP contribution in [0.3, 0.4) is 0 Å². The van der Waals surface area contributed by atoms with Crippen molar-refractivity contribution >= 4 is 5.91 Å². The van der Waals surface area contributed by atoms with E-state index in [-0.39, 0.29) is 5.91 Å². The van der Waals surface area contributed by atoms with Crippen molar-refractivity contribution in [1.82, 2.24) is 19.6 Å². The van der Waals surface area contributed by atoms with E-state index in [0.717, 1.165) is 69.8 Å². The van der Waals surface area contributed by atoms with Crippen LogP contribution < -0.4 is 5.73 Å². The average molecular weight is 293 g/mol. The summed E-state index contributed by atoms with van der Waals surface area (Å²) >= 11 is 0. The largest absolute Gasteiger partial charge is 0.337 e. The minimum atomic E-state index is 0.115. The zero-order valence-electron chi connectivity index (χ0n) is 13.2. The Bertz CT molecular complexity index is 471. The normalized spacial score (nSPS) is 17.0. The van der Waals surface area contributed by atoms with E-state index in [9.17, 15) is 4.79 Å². The molecule has 0 radical (unpaired) electrons. The van der Waals surface area contributed by atoms with Gasteiger partial charge in [0.05, 0.1) is 11.3 Å². The standard InChI is InChI=1S/C15H27N5O/c1-13-14(12-18(2)17-13)15(21)20-9-5-8-19(10-11-20)7-4-3-6-16/h12H,3-11,16H2,1-2H3. The van der Waals surface area contributed by atoms with Gasteiger partial charge in [-0.25, -0.2) is 0 Å². The van der Waals surface area contributed by atoms with Crippen LogP contribution in [0.15, 0.2) is 6.20 Å². The third kappa shape index (κ3) is 4.28. The smallest absolute Gasteiger partial charge is 0.257 e. The van der Waals surface area contributed by atoms with Crippen molar-refractivity contribution in [2.24, 2.45) is 12.8 Å². The van der Waals surface area contributed by atoms with Crippen LogP contribution in [0.25, 0.3) is 0 Å². The van der Waals surface area contributed by atoms with Gasteiger partial charge in [0.1, 0.15) is 0 Å². The van der Waals surface area contributed by atoms with Crippen molar-refractivity contribution in [3.05, 3.63) is 17.5 Å². The monoisotopic (exact) mass is 293 g/mol. The van der Waals surface area contributed by atoms with Crippen molar-refractivity contribution < 1.29 is 4.79 Å². The third-order valence-corrected chi connectivity index (χ3v) is 4.05. The molecule has 118 valence electrons. The first kappa shape index (κ1) is 16.0. The minimum Gasteiger partial charge on any atom is -0.337 e. The number of aromatic nitrogens is 2. The maximum absolute atomic E-state index is 12.6. The Kier molecular flexibility index (Phi) is 5.76. The van der Waals surface area contributed by atoms with Crippen LogP contribution in [0.2, 0.25) is 0 Å². The fourth-order valence-corrected chi connectivity index (χ4v) is 2.86. The van der Waals surface area contributed by atoms with Gasteiger partial charge in [0, 0.05) is 32.9 Å². The molecule has 0 unspecified atom stereocenters. The van der Waals surface area contributed by atoms with Crippen LogP contribution in [-0.4, -0.2) is 64.8 Å². The number of nitrogens with two attached hydrogens (primary N) is 1. The topological polar surface area (TPSA) is 67.4 Å². The highest BCUT2D eigenvalue weighted by atomic mass is 16.2. The fourth-order valence-electron chi connectivity index (χ4n) is 2.86. The van der Waals surface area contributed by atoms with E-state index in [4.69, 9.17) is 5.73 Å². The van der Waals surface area contributed by atoms with Crippen molar-refractivity contribution in [3.8, 4) is 0 Å². The summed E-state index contributed by atoms with van der Waals surface area (Å²) in [6.07, 6.45) is 5.08. The van der Waals surface area contributed by atoms with Gasteiger partial charge in [0.25, 0.3) is 5.91 Å². The lowest BCUT2D eigenvalue weighted by Crippen LogP contribution is -2.35. The highest BCUT2D eigenvalue weighted by molar-refractivity contribution is 5.95. The second-order valence-corrected chi connectivity index (χ2v) is 5.79. The molecular formula is C15H27N5O. The van der Waals surface area contributed by atoms with E-state index in [1.165, 1.54) is 0 Å². The Hall–Kier alpha value is -1.40. The molecule has 2 rings (SSSR count). The van der Waals surface area contributed by atoms with Crippen molar-refractivity contribution in [1.29, 1.82) is 0 Å². The Labute approximate surface area is 126 Å². The Morgan fingerprint density at radius 2 is 2.10 bits per heavy atom. The van der Waals surface area contributed by atoms with Crippen LogP contribution in [0.1, 0.15) is 35.3 Å². The van der Waals surface area contributed by atoms with Gasteiger partial charge in [-0.1, -0.05) is 0 Å². The summed E-state index contributed by atoms with van der Waals surface area (Å²) in [5.41, 5.74) is 7.08. The molecule has 2 heterocycles. The second-order valence-electron chi connectivity index (χ2n) is 5.79. The van der Waals surface area contributed by atoms with Gasteiger partial charge in [-0.3, -0.25) is 9.48 Å². The van der Waals surface area contributed by atoms with Crippen LogP contribution in [0, 0.1) is 6.92 Å². The van der Waals surface area contributed by atoms with Crippen LogP contribution >= 0.6 is 0 Å². The molecule has 1 saturated heterocycles. The molecule has 6 heteroatoms. The predicted molar refractivity (Wildman–Crippen MR) is 83.2 cm³/mol. The molecule has 6 nitrogen and oxygen atoms in total. The summed E-state index contributed by atoms with van der Waals surface area (Å²) in [5.74, 6) is 0.115. The van der Waals surface area contributed by atoms with Crippen molar-refractivity contribution in [3.63, 3.8) is 0 Å². The Morgan fingerprint density at radius 1 is 1.29 bits per heavy atom. The summed E-state index contributed by atoms with van der Waals surface area (Å²) in [6.45, 7) is 7.40. The highest BCUT2D eigenvalue weighted by Crippen LogP contribution is 2.12. The lowest BCUT2D eigenvalue weighted by atomic mass is 10.2. The Morgan fingerprint density at radius 3 is 2.76 bits per heavy atom. The second kappa shape index (κ2) is 7.56. The SMILES string of the molecule is Cc1nn(C)cc1C(=O)N1CCCN(CCCCN)CC1. The number of aryl methyl sites for hydroxylation is 2. The van der Waals surface area contributed by atoms with E-state index in [0.29, 0.717) is 0 Å². The maximum atomic E-state index is 12.6. The molecule has 1 aromatic heterocycles. The number of amides is 1. The van der Waals surface area contributed by atoms with Gasteiger partial charge < -0.3 is 15.5 Å². The van der Waals surface area contributed by atoms with E-state index in [2.05, 4.69) is 10.00 Å². The molecule has 1 aromatic rings. The number of rotatable bonds is 5. The maximum Gasteiger partial charge on any atom is 0.257 e. The average Bonchev–Trinajstić information content (AvgIpc) is 2.65. The molecule has 2 N–H and O–H groups in total. The Balaban J connectivity index is 1.90. The van der Waals surface area contributed by atoms with Crippen molar-refractivity contribution in [2.75, 3.05) is 39.3 Å². The van der Waals surface area contributed by atoms with Crippen LogP contribution in [0.4, 0.5) is 0 Å². The van der Waals surface area contributed by atoms with Gasteiger partial charge in [-0.2, -0.15) is 5.10 Å². The summed E-state index contributed by atoms with van der Waals surface area (Å²) in [5, 5.41) is 4.26. The number of carbonyl (C=O) groups excluding carboxylic acids is 1. The highest BCUT2D eigenvalue weighted by Gasteiger charge is 2.22. The van der Waals surface area contributed by atoms with Crippen LogP contribution in [0.5, 0.6) is 0 Å². The van der Waals surface area contributed by atoms with Crippen LogP contribution in [-0.2, 0) is 7.05 Å². The molecule has 1 aliphatic heterocycles. The predicted octanol–water partition coefficient (Wildman–Crippen LogP) is 0.615. The third-order valence-electron chi connectivity index (χ3n) is 4.05. The van der Waals surface area contributed by atoms with E-state index in [1.807, 2.05) is 25.1 Å². The first-order valence-electron chi connectivity index (χ1n) is 7.83. The van der Waals surface area contributed by atoms with Gasteiger partial charge in [0.2, 0.25) is 0 Å². The molecule has 1 fully saturated rings. The first-order valence-corrected chi connectivity index (χ1v) is 7.83. The zero-order chi connectivity index (χ0) is 15.2. The number of hydrogen-bond acceptors (Lipinski definition) is 4. The number of carbonyl (C=O) groups is 1. The molecule has 21 heavy (non-hydrogen) atoms. The van der Waals surface area contributed by atoms with E-state index in [1.54, 1.807) is 4.68 Å². The quantitative estimate of drug-likeness (QED) is 0.808. The molecular weight excluding hydrogens is 266 g/mol. The molecule has 1 amide bonds. The molecule has 0 spiro atoms. The van der Waals surface area contributed by atoms with Crippen molar-refractivity contribution in [2.45, 2.75) is 26.2 Å². The van der Waals surface area contributed by atoms with E-state index >= 15 is 0 Å². The molecule has 0 aliphatic carbocycles. The van der Waals surface area contributed by atoms with E-state index < -0.39 is 0 Å². The summed E-state index contributed by atoms with van der Waals surface area (Å²) in [6, 6.07) is 0. The number of unbranched alkanes of at least 4 members (excludes halogenated alkanes) is 1. The molecule has 0 bridgehead atoms. The first-order chi connectivity index (χ1) is 10.1. The summed E-state index contributed by atoms with van der Waals surface area (Å²) < 4.78 is 1.71. The molecule has 0 saturated carbocycles. The van der Waals surface area contributed by atoms with Gasteiger partial charge in [-0.05, 0) is 45.8 Å².